The van der Waals surface area contributed by atoms with Crippen LogP contribution in [0.15, 0.2) is 33.3 Å². The third-order valence-electron chi connectivity index (χ3n) is 2.95. The summed E-state index contributed by atoms with van der Waals surface area (Å²) in [6, 6.07) is 7.55. The summed E-state index contributed by atoms with van der Waals surface area (Å²) in [5, 5.41) is 4.69. The van der Waals surface area contributed by atoms with Gasteiger partial charge in [0.05, 0.1) is 22.1 Å². The lowest BCUT2D eigenvalue weighted by atomic mass is 10.2. The number of halogens is 1. The Bertz CT molecular complexity index is 797. The van der Waals surface area contributed by atoms with E-state index in [1.807, 2.05) is 31.2 Å². The van der Waals surface area contributed by atoms with E-state index in [0.717, 1.165) is 26.2 Å². The predicted molar refractivity (Wildman–Crippen MR) is 86.4 cm³/mol. The summed E-state index contributed by atoms with van der Waals surface area (Å²) < 4.78 is 11.4. The smallest absolute Gasteiger partial charge is 0.261 e. The minimum absolute atomic E-state index is 0.429. The molecule has 0 saturated carbocycles. The molecule has 21 heavy (non-hydrogen) atoms. The number of methoxy groups -OCH3 is 1. The number of thiophene rings is 1. The summed E-state index contributed by atoms with van der Waals surface area (Å²) in [6.45, 7) is 1.99. The van der Waals surface area contributed by atoms with Crippen molar-refractivity contribution in [3.05, 3.63) is 33.6 Å². The molecule has 5 nitrogen and oxygen atoms in total. The molecule has 0 bridgehead atoms. The van der Waals surface area contributed by atoms with Crippen molar-refractivity contribution in [1.82, 2.24) is 10.1 Å². The minimum Gasteiger partial charge on any atom is -0.496 e. The molecule has 3 rings (SSSR count). The molecule has 0 fully saturated rings. The first-order valence-electron chi connectivity index (χ1n) is 6.12. The van der Waals surface area contributed by atoms with E-state index in [1.165, 1.54) is 11.3 Å². The highest BCUT2D eigenvalue weighted by Crippen LogP contribution is 2.34. The molecule has 0 spiro atoms. The van der Waals surface area contributed by atoms with Crippen molar-refractivity contribution < 1.29 is 9.26 Å². The fourth-order valence-electron chi connectivity index (χ4n) is 1.96. The number of ether oxygens (including phenoxy) is 1. The van der Waals surface area contributed by atoms with Gasteiger partial charge in [-0.25, -0.2) is 0 Å². The van der Waals surface area contributed by atoms with Crippen LogP contribution >= 0.6 is 27.3 Å². The Kier molecular flexibility index (Phi) is 3.69. The molecule has 0 unspecified atom stereocenters. The van der Waals surface area contributed by atoms with Crippen LogP contribution in [0.5, 0.6) is 5.75 Å². The van der Waals surface area contributed by atoms with E-state index in [1.54, 1.807) is 7.11 Å². The van der Waals surface area contributed by atoms with Crippen molar-refractivity contribution in [2.75, 3.05) is 12.8 Å². The van der Waals surface area contributed by atoms with Crippen LogP contribution in [0.4, 0.5) is 5.00 Å². The number of hydrogen-bond acceptors (Lipinski definition) is 6. The highest BCUT2D eigenvalue weighted by atomic mass is 79.9. The summed E-state index contributed by atoms with van der Waals surface area (Å²) in [6.07, 6.45) is 0. The average molecular weight is 366 g/mol. The Morgan fingerprint density at radius 1 is 1.33 bits per heavy atom. The van der Waals surface area contributed by atoms with E-state index >= 15 is 0 Å². The van der Waals surface area contributed by atoms with Gasteiger partial charge in [0.2, 0.25) is 5.82 Å². The van der Waals surface area contributed by atoms with Crippen LogP contribution in [0.1, 0.15) is 4.88 Å². The Hall–Kier alpha value is -1.86. The molecule has 0 atom stereocenters. The number of nitrogens with zero attached hydrogens (tertiary/aromatic N) is 2. The van der Waals surface area contributed by atoms with Crippen LogP contribution in [-0.2, 0) is 0 Å². The lowest BCUT2D eigenvalue weighted by Gasteiger charge is -2.03. The van der Waals surface area contributed by atoms with Crippen molar-refractivity contribution in [1.29, 1.82) is 0 Å². The summed E-state index contributed by atoms with van der Waals surface area (Å²) in [5.41, 5.74) is 7.57. The van der Waals surface area contributed by atoms with Gasteiger partial charge in [-0.1, -0.05) is 5.16 Å². The number of anilines is 1. The topological polar surface area (TPSA) is 74.2 Å². The number of nitrogen functional groups attached to an aromatic ring is 1. The molecular formula is C14H12BrN3O2S. The van der Waals surface area contributed by atoms with Gasteiger partial charge in [0.15, 0.2) is 0 Å². The monoisotopic (exact) mass is 365 g/mol. The van der Waals surface area contributed by atoms with E-state index in [0.29, 0.717) is 16.7 Å². The van der Waals surface area contributed by atoms with Crippen molar-refractivity contribution in [3.63, 3.8) is 0 Å². The molecule has 2 heterocycles. The Morgan fingerprint density at radius 2 is 2.14 bits per heavy atom. The van der Waals surface area contributed by atoms with Crippen LogP contribution in [0.25, 0.3) is 22.8 Å². The first kappa shape index (κ1) is 14.1. The lowest BCUT2D eigenvalue weighted by Crippen LogP contribution is -1.87. The largest absolute Gasteiger partial charge is 0.496 e. The van der Waals surface area contributed by atoms with Gasteiger partial charge in [-0.2, -0.15) is 4.98 Å². The van der Waals surface area contributed by atoms with E-state index in [2.05, 4.69) is 26.1 Å². The van der Waals surface area contributed by atoms with Crippen LogP contribution in [0.3, 0.4) is 0 Å². The van der Waals surface area contributed by atoms with Gasteiger partial charge < -0.3 is 15.0 Å². The molecule has 0 aliphatic rings. The molecule has 0 radical (unpaired) electrons. The standard InChI is InChI=1S/C14H12BrN3O2S/c1-7-5-9(12(16)21-7)14-17-13(18-20-14)8-3-4-11(19-2)10(15)6-8/h3-6H,16H2,1-2H3. The van der Waals surface area contributed by atoms with E-state index in [4.69, 9.17) is 15.0 Å². The normalized spacial score (nSPS) is 10.8. The molecule has 2 N–H and O–H groups in total. The second kappa shape index (κ2) is 5.50. The molecule has 3 aromatic rings. The molecule has 0 saturated heterocycles. The Morgan fingerprint density at radius 3 is 2.76 bits per heavy atom. The molecule has 1 aromatic carbocycles. The Balaban J connectivity index is 1.98. The predicted octanol–water partition coefficient (Wildman–Crippen LogP) is 4.13. The van der Waals surface area contributed by atoms with Crippen LogP contribution < -0.4 is 10.5 Å². The number of aromatic nitrogens is 2. The second-order valence-corrected chi connectivity index (χ2v) is 6.55. The van der Waals surface area contributed by atoms with Crippen molar-refractivity contribution >= 4 is 32.3 Å². The van der Waals surface area contributed by atoms with Crippen molar-refractivity contribution in [3.8, 4) is 28.6 Å². The molecule has 2 aromatic heterocycles. The third-order valence-corrected chi connectivity index (χ3v) is 4.45. The molecular weight excluding hydrogens is 354 g/mol. The summed E-state index contributed by atoms with van der Waals surface area (Å²) >= 11 is 4.94. The van der Waals surface area contributed by atoms with E-state index < -0.39 is 0 Å². The first-order chi connectivity index (χ1) is 10.1. The molecule has 0 aliphatic heterocycles. The van der Waals surface area contributed by atoms with Gasteiger partial charge in [-0.05, 0) is 47.1 Å². The third kappa shape index (κ3) is 2.66. The summed E-state index contributed by atoms with van der Waals surface area (Å²) in [7, 11) is 1.62. The highest BCUT2D eigenvalue weighted by molar-refractivity contribution is 9.10. The zero-order valence-corrected chi connectivity index (χ0v) is 13.8. The number of rotatable bonds is 3. The Labute approximate surface area is 133 Å². The van der Waals surface area contributed by atoms with Gasteiger partial charge in [-0.3, -0.25) is 0 Å². The van der Waals surface area contributed by atoms with E-state index in [9.17, 15) is 0 Å². The zero-order valence-electron chi connectivity index (χ0n) is 11.4. The van der Waals surface area contributed by atoms with Crippen LogP contribution in [-0.4, -0.2) is 17.3 Å². The minimum atomic E-state index is 0.429. The quantitative estimate of drug-likeness (QED) is 0.755. The van der Waals surface area contributed by atoms with Crippen molar-refractivity contribution in [2.45, 2.75) is 6.92 Å². The second-order valence-electron chi connectivity index (χ2n) is 4.41. The summed E-state index contributed by atoms with van der Waals surface area (Å²) in [5.74, 6) is 1.69. The average Bonchev–Trinajstić information content (AvgIpc) is 3.05. The highest BCUT2D eigenvalue weighted by Gasteiger charge is 2.15. The number of hydrogen-bond donors (Lipinski definition) is 1. The van der Waals surface area contributed by atoms with E-state index in [-0.39, 0.29) is 0 Å². The van der Waals surface area contributed by atoms with Crippen molar-refractivity contribution in [2.24, 2.45) is 0 Å². The van der Waals surface area contributed by atoms with Crippen LogP contribution in [0, 0.1) is 6.92 Å². The maximum absolute atomic E-state index is 5.95. The molecule has 0 amide bonds. The molecule has 0 aliphatic carbocycles. The SMILES string of the molecule is COc1ccc(-c2noc(-c3cc(C)sc3N)n2)cc1Br. The number of nitrogens with two attached hydrogens (primary N) is 1. The number of benzene rings is 1. The van der Waals surface area contributed by atoms with Crippen LogP contribution in [0.2, 0.25) is 0 Å². The maximum Gasteiger partial charge on any atom is 0.261 e. The molecule has 7 heteroatoms. The van der Waals surface area contributed by atoms with Gasteiger partial charge in [-0.15, -0.1) is 11.3 Å². The maximum atomic E-state index is 5.95. The molecule has 108 valence electrons. The van der Waals surface area contributed by atoms with Gasteiger partial charge >= 0.3 is 0 Å². The van der Waals surface area contributed by atoms with Gasteiger partial charge in [0.25, 0.3) is 5.89 Å². The first-order valence-corrected chi connectivity index (χ1v) is 7.73. The number of aryl methyl sites for hydroxylation is 1. The fraction of sp³-hybridized carbons (Fsp3) is 0.143. The summed E-state index contributed by atoms with van der Waals surface area (Å²) in [4.78, 5) is 5.51. The lowest BCUT2D eigenvalue weighted by molar-refractivity contribution is 0.412. The van der Waals surface area contributed by atoms with Gasteiger partial charge in [0.1, 0.15) is 5.75 Å². The zero-order chi connectivity index (χ0) is 15.0. The van der Waals surface area contributed by atoms with Gasteiger partial charge in [0, 0.05) is 10.4 Å². The fourth-order valence-corrected chi connectivity index (χ4v) is 3.28.